The monoisotopic (exact) mass is 368 g/mol. The molecule has 1 N–H and O–H groups in total. The number of nitrogens with zero attached hydrogens (tertiary/aromatic N) is 3. The Balaban J connectivity index is 2.20. The first-order valence-corrected chi connectivity index (χ1v) is 9.14. The van der Waals surface area contributed by atoms with Crippen LogP contribution in [0.5, 0.6) is 0 Å². The van der Waals surface area contributed by atoms with Crippen molar-refractivity contribution in [2.24, 2.45) is 7.05 Å². The lowest BCUT2D eigenvalue weighted by molar-refractivity contribution is -0.383. The van der Waals surface area contributed by atoms with Crippen molar-refractivity contribution < 1.29 is 4.92 Å². The molecule has 3 rings (SSSR count). The summed E-state index contributed by atoms with van der Waals surface area (Å²) < 4.78 is 1.74. The van der Waals surface area contributed by atoms with Gasteiger partial charge in [0.1, 0.15) is 5.52 Å². The number of nitro groups is 1. The molecule has 0 spiro atoms. The molecule has 0 amide bonds. The first kappa shape index (κ1) is 18.8. The van der Waals surface area contributed by atoms with Crippen molar-refractivity contribution in [3.8, 4) is 0 Å². The first-order valence-electron chi connectivity index (χ1n) is 9.14. The zero-order valence-electron chi connectivity index (χ0n) is 15.9. The number of aromatic nitrogens is 1. The van der Waals surface area contributed by atoms with Gasteiger partial charge < -0.3 is 14.8 Å². The van der Waals surface area contributed by atoms with Crippen LogP contribution in [-0.2, 0) is 7.05 Å². The van der Waals surface area contributed by atoms with E-state index < -0.39 is 4.92 Å². The summed E-state index contributed by atoms with van der Waals surface area (Å²) in [7, 11) is 1.76. The van der Waals surface area contributed by atoms with Crippen LogP contribution < -0.4 is 10.7 Å². The van der Waals surface area contributed by atoms with E-state index in [-0.39, 0.29) is 11.1 Å². The molecule has 0 saturated heterocycles. The molecule has 1 heterocycles. The molecule has 1 aromatic heterocycles. The number of anilines is 1. The van der Waals surface area contributed by atoms with Gasteiger partial charge >= 0.3 is 0 Å². The highest BCUT2D eigenvalue weighted by Gasteiger charge is 2.21. The van der Waals surface area contributed by atoms with E-state index in [1.165, 1.54) is 6.07 Å². The fourth-order valence-electron chi connectivity index (χ4n) is 3.55. The molecular weight excluding hydrogens is 344 g/mol. The van der Waals surface area contributed by atoms with Crippen molar-refractivity contribution in [2.45, 2.75) is 13.8 Å². The summed E-state index contributed by atoms with van der Waals surface area (Å²) >= 11 is 0. The standard InChI is InChI=1S/C20H24N4O3/c1-4-23(5-2)13-12-21-15-10-11-17(24(26)27)19-18(15)20(25)14-8-6-7-9-16(14)22(19)3/h6-11,21H,4-5,12-13H2,1-3H3. The van der Waals surface area contributed by atoms with Gasteiger partial charge in [0.2, 0.25) is 0 Å². The SMILES string of the molecule is CCN(CC)CCNc1ccc([N+](=O)[O-])c2c1c(=O)c1ccccc1n2C. The second-order valence-corrected chi connectivity index (χ2v) is 6.47. The van der Waals surface area contributed by atoms with Crippen LogP contribution in [-0.4, -0.2) is 40.6 Å². The second kappa shape index (κ2) is 7.75. The van der Waals surface area contributed by atoms with Crippen LogP contribution in [0.1, 0.15) is 13.8 Å². The number of likely N-dealkylation sites (N-methyl/N-ethyl adjacent to an activating group) is 1. The molecule has 27 heavy (non-hydrogen) atoms. The minimum atomic E-state index is -0.434. The Bertz CT molecular complexity index is 1050. The number of rotatable bonds is 7. The molecule has 142 valence electrons. The summed E-state index contributed by atoms with van der Waals surface area (Å²) in [5.74, 6) is 0. The first-order chi connectivity index (χ1) is 13.0. The quantitative estimate of drug-likeness (QED) is 0.393. The Morgan fingerprint density at radius 1 is 1.15 bits per heavy atom. The van der Waals surface area contributed by atoms with Gasteiger partial charge in [-0.2, -0.15) is 0 Å². The van der Waals surface area contributed by atoms with Crippen LogP contribution in [0.4, 0.5) is 11.4 Å². The molecule has 0 saturated carbocycles. The Morgan fingerprint density at radius 2 is 1.85 bits per heavy atom. The molecule has 7 nitrogen and oxygen atoms in total. The van der Waals surface area contributed by atoms with Gasteiger partial charge in [0, 0.05) is 37.3 Å². The largest absolute Gasteiger partial charge is 0.383 e. The maximum atomic E-state index is 13.2. The van der Waals surface area contributed by atoms with Crippen LogP contribution in [0.3, 0.4) is 0 Å². The molecule has 0 atom stereocenters. The number of benzene rings is 2. The van der Waals surface area contributed by atoms with Crippen LogP contribution in [0.25, 0.3) is 21.8 Å². The van der Waals surface area contributed by atoms with E-state index in [9.17, 15) is 14.9 Å². The van der Waals surface area contributed by atoms with Gasteiger partial charge in [0.15, 0.2) is 5.43 Å². The van der Waals surface area contributed by atoms with Crippen molar-refractivity contribution in [1.82, 2.24) is 9.47 Å². The fraction of sp³-hybridized carbons (Fsp3) is 0.350. The topological polar surface area (TPSA) is 80.4 Å². The van der Waals surface area contributed by atoms with E-state index in [0.29, 0.717) is 34.0 Å². The predicted molar refractivity (Wildman–Crippen MR) is 110 cm³/mol. The molecule has 7 heteroatoms. The minimum Gasteiger partial charge on any atom is -0.383 e. The van der Waals surface area contributed by atoms with Gasteiger partial charge in [-0.25, -0.2) is 0 Å². The number of hydrogen-bond donors (Lipinski definition) is 1. The Hall–Kier alpha value is -2.93. The third-order valence-electron chi connectivity index (χ3n) is 5.06. The van der Waals surface area contributed by atoms with E-state index >= 15 is 0 Å². The molecule has 0 radical (unpaired) electrons. The third kappa shape index (κ3) is 3.38. The Morgan fingerprint density at radius 3 is 2.52 bits per heavy atom. The minimum absolute atomic E-state index is 0.0651. The summed E-state index contributed by atoms with van der Waals surface area (Å²) in [5, 5.41) is 15.8. The van der Waals surface area contributed by atoms with Crippen molar-refractivity contribution >= 4 is 33.2 Å². The number of fused-ring (bicyclic) bond motifs is 2. The molecule has 2 aromatic carbocycles. The van der Waals surface area contributed by atoms with Gasteiger partial charge in [-0.3, -0.25) is 14.9 Å². The lowest BCUT2D eigenvalue weighted by atomic mass is 10.1. The Kier molecular flexibility index (Phi) is 5.41. The van der Waals surface area contributed by atoms with E-state index in [1.54, 1.807) is 35.9 Å². The summed E-state index contributed by atoms with van der Waals surface area (Å²) in [4.78, 5) is 26.6. The summed E-state index contributed by atoms with van der Waals surface area (Å²) in [6.45, 7) is 7.60. The third-order valence-corrected chi connectivity index (χ3v) is 5.06. The number of hydrogen-bond acceptors (Lipinski definition) is 5. The van der Waals surface area contributed by atoms with Crippen LogP contribution in [0.15, 0.2) is 41.2 Å². The van der Waals surface area contributed by atoms with Gasteiger partial charge in [-0.15, -0.1) is 0 Å². The van der Waals surface area contributed by atoms with Gasteiger partial charge in [-0.05, 0) is 31.3 Å². The molecule has 0 bridgehead atoms. The van der Waals surface area contributed by atoms with Crippen molar-refractivity contribution in [1.29, 1.82) is 0 Å². The predicted octanol–water partition coefficient (Wildman–Crippen LogP) is 3.35. The maximum Gasteiger partial charge on any atom is 0.293 e. The van der Waals surface area contributed by atoms with Crippen molar-refractivity contribution in [3.05, 3.63) is 56.7 Å². The summed E-state index contributed by atoms with van der Waals surface area (Å²) in [5.41, 5.74) is 1.40. The van der Waals surface area contributed by atoms with Crippen molar-refractivity contribution in [2.75, 3.05) is 31.5 Å². The van der Waals surface area contributed by atoms with Crippen LogP contribution >= 0.6 is 0 Å². The molecule has 0 aliphatic rings. The zero-order valence-corrected chi connectivity index (χ0v) is 15.9. The highest BCUT2D eigenvalue weighted by Crippen LogP contribution is 2.31. The molecule has 0 aliphatic heterocycles. The van der Waals surface area contributed by atoms with E-state index in [2.05, 4.69) is 24.1 Å². The molecular formula is C20H24N4O3. The molecule has 3 aromatic rings. The average Bonchev–Trinajstić information content (AvgIpc) is 2.68. The van der Waals surface area contributed by atoms with Gasteiger partial charge in [0.25, 0.3) is 5.69 Å². The van der Waals surface area contributed by atoms with Gasteiger partial charge in [-0.1, -0.05) is 26.0 Å². The van der Waals surface area contributed by atoms with Gasteiger partial charge in [0.05, 0.1) is 15.8 Å². The van der Waals surface area contributed by atoms with Crippen molar-refractivity contribution in [3.63, 3.8) is 0 Å². The lowest BCUT2D eigenvalue weighted by Gasteiger charge is -2.19. The number of para-hydroxylation sites is 1. The second-order valence-electron chi connectivity index (χ2n) is 6.47. The smallest absolute Gasteiger partial charge is 0.293 e. The summed E-state index contributed by atoms with van der Waals surface area (Å²) in [6.07, 6.45) is 0. The maximum absolute atomic E-state index is 13.2. The van der Waals surface area contributed by atoms with Crippen LogP contribution in [0.2, 0.25) is 0 Å². The molecule has 0 unspecified atom stereocenters. The number of pyridine rings is 1. The number of nitro benzene ring substituents is 1. The van der Waals surface area contributed by atoms with E-state index in [1.807, 2.05) is 6.07 Å². The number of nitrogens with one attached hydrogen (secondary N) is 1. The highest BCUT2D eigenvalue weighted by atomic mass is 16.6. The Labute approximate surface area is 157 Å². The van der Waals surface area contributed by atoms with E-state index in [0.717, 1.165) is 19.6 Å². The molecule has 0 aliphatic carbocycles. The summed E-state index contributed by atoms with van der Waals surface area (Å²) in [6, 6.07) is 10.3. The highest BCUT2D eigenvalue weighted by molar-refractivity contribution is 6.03. The number of aryl methyl sites for hydroxylation is 1. The van der Waals surface area contributed by atoms with Crippen LogP contribution in [0, 0.1) is 10.1 Å². The zero-order chi connectivity index (χ0) is 19.6. The lowest BCUT2D eigenvalue weighted by Crippen LogP contribution is -2.28. The van der Waals surface area contributed by atoms with E-state index in [4.69, 9.17) is 0 Å². The average molecular weight is 368 g/mol. The number of non-ortho nitro benzene ring substituents is 1. The fourth-order valence-corrected chi connectivity index (χ4v) is 3.55. The molecule has 0 fully saturated rings. The normalized spacial score (nSPS) is 11.4.